The molecular formula is C10H11N3O. The SMILES string of the molecule is CC(N)n1cnc2ccccc2c1=O. The zero-order chi connectivity index (χ0) is 10.1. The van der Waals surface area contributed by atoms with Crippen LogP contribution < -0.4 is 11.3 Å². The lowest BCUT2D eigenvalue weighted by Crippen LogP contribution is -2.28. The summed E-state index contributed by atoms with van der Waals surface area (Å²) in [6.07, 6.45) is 1.13. The number of nitrogens with two attached hydrogens (primary N) is 1. The minimum absolute atomic E-state index is 0.0920. The number of rotatable bonds is 1. The third-order valence-electron chi connectivity index (χ3n) is 2.13. The predicted octanol–water partition coefficient (Wildman–Crippen LogP) is 0.874. The Morgan fingerprint density at radius 3 is 2.86 bits per heavy atom. The molecule has 0 spiro atoms. The van der Waals surface area contributed by atoms with Gasteiger partial charge in [-0.3, -0.25) is 9.36 Å². The first-order chi connectivity index (χ1) is 6.70. The molecule has 0 aliphatic carbocycles. The highest BCUT2D eigenvalue weighted by atomic mass is 16.1. The lowest BCUT2D eigenvalue weighted by atomic mass is 10.2. The Hall–Kier alpha value is -1.68. The minimum Gasteiger partial charge on any atom is -0.311 e. The van der Waals surface area contributed by atoms with Crippen molar-refractivity contribution in [3.05, 3.63) is 40.9 Å². The van der Waals surface area contributed by atoms with Crippen LogP contribution in [-0.4, -0.2) is 9.55 Å². The molecule has 0 aliphatic heterocycles. The second kappa shape index (κ2) is 3.23. The Kier molecular flexibility index (Phi) is 2.05. The van der Waals surface area contributed by atoms with Crippen molar-refractivity contribution >= 4 is 10.9 Å². The molecule has 0 saturated carbocycles. The molecule has 1 atom stereocenters. The third-order valence-corrected chi connectivity index (χ3v) is 2.13. The quantitative estimate of drug-likeness (QED) is 0.724. The average molecular weight is 189 g/mol. The van der Waals surface area contributed by atoms with Crippen molar-refractivity contribution in [2.75, 3.05) is 0 Å². The van der Waals surface area contributed by atoms with Crippen LogP contribution in [0.2, 0.25) is 0 Å². The second-order valence-corrected chi connectivity index (χ2v) is 3.21. The van der Waals surface area contributed by atoms with Gasteiger partial charge in [-0.25, -0.2) is 4.98 Å². The molecule has 1 heterocycles. The van der Waals surface area contributed by atoms with Gasteiger partial charge in [0.05, 0.1) is 23.4 Å². The van der Waals surface area contributed by atoms with E-state index in [1.807, 2.05) is 18.2 Å². The first-order valence-corrected chi connectivity index (χ1v) is 4.41. The van der Waals surface area contributed by atoms with E-state index in [1.165, 1.54) is 10.9 Å². The molecule has 4 heteroatoms. The maximum absolute atomic E-state index is 11.8. The highest BCUT2D eigenvalue weighted by Gasteiger charge is 2.04. The maximum Gasteiger partial charge on any atom is 0.262 e. The van der Waals surface area contributed by atoms with Gasteiger partial charge in [0.2, 0.25) is 0 Å². The Morgan fingerprint density at radius 1 is 1.43 bits per heavy atom. The van der Waals surface area contributed by atoms with Gasteiger partial charge in [-0.2, -0.15) is 0 Å². The predicted molar refractivity (Wildman–Crippen MR) is 54.9 cm³/mol. The van der Waals surface area contributed by atoms with Crippen LogP contribution in [0.15, 0.2) is 35.4 Å². The average Bonchev–Trinajstić information content (AvgIpc) is 2.18. The summed E-state index contributed by atoms with van der Waals surface area (Å²) in [6, 6.07) is 7.23. The molecule has 2 rings (SSSR count). The fourth-order valence-corrected chi connectivity index (χ4v) is 1.37. The molecule has 0 amide bonds. The second-order valence-electron chi connectivity index (χ2n) is 3.21. The van der Waals surface area contributed by atoms with Gasteiger partial charge < -0.3 is 5.73 Å². The van der Waals surface area contributed by atoms with Crippen LogP contribution in [0.3, 0.4) is 0 Å². The summed E-state index contributed by atoms with van der Waals surface area (Å²) in [7, 11) is 0. The maximum atomic E-state index is 11.8. The number of benzene rings is 1. The van der Waals surface area contributed by atoms with E-state index in [1.54, 1.807) is 13.0 Å². The number of para-hydroxylation sites is 1. The largest absolute Gasteiger partial charge is 0.311 e. The summed E-state index contributed by atoms with van der Waals surface area (Å²) < 4.78 is 1.42. The van der Waals surface area contributed by atoms with Crippen LogP contribution in [0.4, 0.5) is 0 Å². The summed E-state index contributed by atoms with van der Waals surface area (Å²) in [6.45, 7) is 1.75. The first kappa shape index (κ1) is 8.90. The van der Waals surface area contributed by atoms with Crippen LogP contribution in [0, 0.1) is 0 Å². The van der Waals surface area contributed by atoms with Gasteiger partial charge in [0.15, 0.2) is 0 Å². The summed E-state index contributed by atoms with van der Waals surface area (Å²) in [5, 5.41) is 0.604. The Balaban J connectivity index is 2.82. The van der Waals surface area contributed by atoms with E-state index in [4.69, 9.17) is 5.73 Å². The molecule has 0 saturated heterocycles. The van der Waals surface area contributed by atoms with E-state index in [0.717, 1.165) is 0 Å². The van der Waals surface area contributed by atoms with Crippen molar-refractivity contribution in [2.24, 2.45) is 5.73 Å². The lowest BCUT2D eigenvalue weighted by Gasteiger charge is -2.09. The number of hydrogen-bond acceptors (Lipinski definition) is 3. The zero-order valence-electron chi connectivity index (χ0n) is 7.84. The topological polar surface area (TPSA) is 60.9 Å². The summed E-state index contributed by atoms with van der Waals surface area (Å²) >= 11 is 0. The van der Waals surface area contributed by atoms with Gasteiger partial charge in [-0.1, -0.05) is 12.1 Å². The van der Waals surface area contributed by atoms with E-state index in [2.05, 4.69) is 4.98 Å². The molecule has 0 radical (unpaired) electrons. The lowest BCUT2D eigenvalue weighted by molar-refractivity contribution is 0.547. The van der Waals surface area contributed by atoms with Gasteiger partial charge in [0.25, 0.3) is 5.56 Å². The van der Waals surface area contributed by atoms with E-state index in [-0.39, 0.29) is 11.7 Å². The molecule has 0 bridgehead atoms. The standard InChI is InChI=1S/C10H11N3O/c1-7(11)13-6-12-9-5-3-2-4-8(9)10(13)14/h2-7H,11H2,1H3. The number of aromatic nitrogens is 2. The van der Waals surface area contributed by atoms with E-state index < -0.39 is 0 Å². The molecule has 72 valence electrons. The molecule has 2 aromatic rings. The Labute approximate surface area is 81.0 Å². The van der Waals surface area contributed by atoms with Crippen molar-refractivity contribution in [1.82, 2.24) is 9.55 Å². The summed E-state index contributed by atoms with van der Waals surface area (Å²) in [4.78, 5) is 16.0. The summed E-state index contributed by atoms with van der Waals surface area (Å²) in [5.74, 6) is 0. The molecule has 0 aliphatic rings. The number of hydrogen-bond donors (Lipinski definition) is 1. The van der Waals surface area contributed by atoms with Crippen LogP contribution >= 0.6 is 0 Å². The molecule has 4 nitrogen and oxygen atoms in total. The third kappa shape index (κ3) is 1.29. The fraction of sp³-hybridized carbons (Fsp3) is 0.200. The van der Waals surface area contributed by atoms with Crippen LogP contribution in [-0.2, 0) is 0 Å². The van der Waals surface area contributed by atoms with Crippen LogP contribution in [0.25, 0.3) is 10.9 Å². The van der Waals surface area contributed by atoms with Crippen molar-refractivity contribution < 1.29 is 0 Å². The van der Waals surface area contributed by atoms with Gasteiger partial charge >= 0.3 is 0 Å². The van der Waals surface area contributed by atoms with E-state index in [9.17, 15) is 4.79 Å². The summed E-state index contributed by atoms with van der Waals surface area (Å²) in [5.41, 5.74) is 6.24. The van der Waals surface area contributed by atoms with Gasteiger partial charge in [-0.15, -0.1) is 0 Å². The van der Waals surface area contributed by atoms with Crippen molar-refractivity contribution in [3.63, 3.8) is 0 Å². The Morgan fingerprint density at radius 2 is 2.14 bits per heavy atom. The molecule has 0 fully saturated rings. The van der Waals surface area contributed by atoms with E-state index >= 15 is 0 Å². The zero-order valence-corrected chi connectivity index (χ0v) is 7.84. The molecule has 14 heavy (non-hydrogen) atoms. The molecular weight excluding hydrogens is 178 g/mol. The normalized spacial score (nSPS) is 13.0. The first-order valence-electron chi connectivity index (χ1n) is 4.41. The molecule has 2 N–H and O–H groups in total. The van der Waals surface area contributed by atoms with Gasteiger partial charge in [0, 0.05) is 0 Å². The molecule has 1 aromatic heterocycles. The fourth-order valence-electron chi connectivity index (χ4n) is 1.37. The van der Waals surface area contributed by atoms with Crippen molar-refractivity contribution in [1.29, 1.82) is 0 Å². The van der Waals surface area contributed by atoms with E-state index in [0.29, 0.717) is 10.9 Å². The Bertz CT molecular complexity index is 516. The molecule has 1 unspecified atom stereocenters. The highest BCUT2D eigenvalue weighted by molar-refractivity contribution is 5.76. The smallest absolute Gasteiger partial charge is 0.262 e. The van der Waals surface area contributed by atoms with Crippen LogP contribution in [0.1, 0.15) is 13.1 Å². The van der Waals surface area contributed by atoms with Gasteiger partial charge in [-0.05, 0) is 19.1 Å². The van der Waals surface area contributed by atoms with Crippen molar-refractivity contribution in [3.8, 4) is 0 Å². The monoisotopic (exact) mass is 189 g/mol. The molecule has 1 aromatic carbocycles. The highest BCUT2D eigenvalue weighted by Crippen LogP contribution is 2.05. The number of fused-ring (bicyclic) bond motifs is 1. The van der Waals surface area contributed by atoms with Gasteiger partial charge in [0.1, 0.15) is 0 Å². The van der Waals surface area contributed by atoms with Crippen LogP contribution in [0.5, 0.6) is 0 Å². The number of nitrogens with zero attached hydrogens (tertiary/aromatic N) is 2. The minimum atomic E-state index is -0.348. The van der Waals surface area contributed by atoms with Crippen molar-refractivity contribution in [2.45, 2.75) is 13.1 Å².